The van der Waals surface area contributed by atoms with Crippen LogP contribution in [0.4, 0.5) is 17.1 Å². The summed E-state index contributed by atoms with van der Waals surface area (Å²) in [6, 6.07) is 19.2. The van der Waals surface area contributed by atoms with Crippen molar-refractivity contribution in [3.63, 3.8) is 0 Å². The Morgan fingerprint density at radius 3 is 2.40 bits per heavy atom. The van der Waals surface area contributed by atoms with Gasteiger partial charge >= 0.3 is 0 Å². The zero-order valence-corrected chi connectivity index (χ0v) is 19.0. The van der Waals surface area contributed by atoms with E-state index in [2.05, 4.69) is 15.7 Å². The van der Waals surface area contributed by atoms with E-state index in [4.69, 9.17) is 0 Å². The van der Waals surface area contributed by atoms with Crippen LogP contribution >= 0.6 is 0 Å². The fraction of sp³-hybridized carbons (Fsp3) is 0.111. The zero-order chi connectivity index (χ0) is 24.4. The summed E-state index contributed by atoms with van der Waals surface area (Å²) < 4.78 is 1.53. The van der Waals surface area contributed by atoms with E-state index in [9.17, 15) is 14.4 Å². The number of allylic oxidation sites excluding steroid dienone is 3. The van der Waals surface area contributed by atoms with Crippen molar-refractivity contribution in [3.05, 3.63) is 108 Å². The van der Waals surface area contributed by atoms with E-state index in [1.807, 2.05) is 49.4 Å². The van der Waals surface area contributed by atoms with Crippen LogP contribution in [0.25, 0.3) is 0 Å². The highest BCUT2D eigenvalue weighted by Gasteiger charge is 2.45. The van der Waals surface area contributed by atoms with Crippen molar-refractivity contribution in [3.8, 4) is 0 Å². The molecule has 0 saturated carbocycles. The fourth-order valence-corrected chi connectivity index (χ4v) is 4.15. The maximum atomic E-state index is 12.9. The number of benzene rings is 2. The number of nitrogens with one attached hydrogen (secondary N) is 1. The molecule has 172 valence electrons. The Morgan fingerprint density at radius 2 is 1.71 bits per heavy atom. The first-order chi connectivity index (χ1) is 17.0. The smallest absolute Gasteiger partial charge is 0.262 e. The first-order valence-electron chi connectivity index (χ1n) is 11.2. The minimum atomic E-state index is -0.427. The monoisotopic (exact) mass is 464 g/mol. The highest BCUT2D eigenvalue weighted by atomic mass is 16.2. The average molecular weight is 465 g/mol. The molecule has 2 aromatic carbocycles. The normalized spacial score (nSPS) is 17.3. The molecule has 3 aromatic rings. The van der Waals surface area contributed by atoms with Crippen LogP contribution < -0.4 is 14.9 Å². The lowest BCUT2D eigenvalue weighted by Crippen LogP contribution is -2.30. The van der Waals surface area contributed by atoms with Crippen molar-refractivity contribution in [2.45, 2.75) is 13.3 Å². The van der Waals surface area contributed by atoms with Crippen molar-refractivity contribution in [1.82, 2.24) is 0 Å². The van der Waals surface area contributed by atoms with Gasteiger partial charge in [0, 0.05) is 29.0 Å². The minimum absolute atomic E-state index is 0.229. The molecular weight excluding hydrogens is 442 g/mol. The number of carbonyl (C=O) groups excluding carboxylic acids is 3. The molecule has 8 nitrogen and oxygen atoms in total. The molecule has 8 heteroatoms. The van der Waals surface area contributed by atoms with Crippen LogP contribution in [0.3, 0.4) is 0 Å². The van der Waals surface area contributed by atoms with Gasteiger partial charge in [-0.05, 0) is 55.3 Å². The van der Waals surface area contributed by atoms with E-state index in [1.54, 1.807) is 48.8 Å². The number of hydrogen-bond acceptors (Lipinski definition) is 5. The van der Waals surface area contributed by atoms with Crippen LogP contribution in [-0.2, 0) is 9.59 Å². The number of amides is 3. The molecule has 1 aliphatic heterocycles. The predicted octanol–water partition coefficient (Wildman–Crippen LogP) is 4.54. The first kappa shape index (κ1) is 22.1. The van der Waals surface area contributed by atoms with Crippen LogP contribution in [0.5, 0.6) is 0 Å². The lowest BCUT2D eigenvalue weighted by Gasteiger charge is -2.14. The second-order valence-electron chi connectivity index (χ2n) is 8.26. The van der Waals surface area contributed by atoms with Crippen LogP contribution in [0.15, 0.2) is 113 Å². The largest absolute Gasteiger partial charge is 0.322 e. The van der Waals surface area contributed by atoms with Crippen LogP contribution in [0.2, 0.25) is 0 Å². The average Bonchev–Trinajstić information content (AvgIpc) is 3.15. The summed E-state index contributed by atoms with van der Waals surface area (Å²) in [6.45, 7) is 1.84. The van der Waals surface area contributed by atoms with Gasteiger partial charge in [0.15, 0.2) is 0 Å². The topological polar surface area (TPSA) is 95.1 Å². The summed E-state index contributed by atoms with van der Waals surface area (Å²) in [5.41, 5.74) is 3.57. The molecule has 0 bridgehead atoms. The van der Waals surface area contributed by atoms with E-state index in [1.165, 1.54) is 9.58 Å². The Hall–Kier alpha value is -4.72. The molecule has 0 radical (unpaired) electrons. The molecule has 1 aromatic heterocycles. The summed E-state index contributed by atoms with van der Waals surface area (Å²) >= 11 is 0. The van der Waals surface area contributed by atoms with Crippen molar-refractivity contribution in [1.29, 1.82) is 0 Å². The van der Waals surface area contributed by atoms with Gasteiger partial charge in [-0.15, -0.1) is 4.68 Å². The summed E-state index contributed by atoms with van der Waals surface area (Å²) in [4.78, 5) is 39.6. The van der Waals surface area contributed by atoms with Gasteiger partial charge in [0.1, 0.15) is 17.6 Å². The standard InChI is InChI=1S/C27H21N5O3/c1-18-6-5-9-23-24(18)27(35)32(26(23)34)22-12-10-19(11-13-22)25(33)28-20-14-16-31(17-15-20)30-29-21-7-3-2-4-8-21/h2-8,10-17,23H,9H2,1H3/p+1. The fourth-order valence-electron chi connectivity index (χ4n) is 4.15. The van der Waals surface area contributed by atoms with Gasteiger partial charge in [-0.3, -0.25) is 14.4 Å². The van der Waals surface area contributed by atoms with Crippen molar-refractivity contribution in [2.24, 2.45) is 16.3 Å². The maximum Gasteiger partial charge on any atom is 0.262 e. The van der Waals surface area contributed by atoms with Gasteiger partial charge < -0.3 is 5.32 Å². The molecule has 3 amide bonds. The highest BCUT2D eigenvalue weighted by Crippen LogP contribution is 2.37. The Kier molecular flexibility index (Phi) is 5.85. The van der Waals surface area contributed by atoms with E-state index in [-0.39, 0.29) is 17.7 Å². The van der Waals surface area contributed by atoms with Gasteiger partial charge in [-0.2, -0.15) is 0 Å². The van der Waals surface area contributed by atoms with Crippen molar-refractivity contribution >= 4 is 34.8 Å². The SMILES string of the molecule is CC1=C2C(=O)N(c3ccc(C(=O)Nc4cc[n+](N=Nc5ccccc5)cc4)cc3)C(=O)C2CC=C1. The molecule has 35 heavy (non-hydrogen) atoms. The number of rotatable bonds is 5. The molecule has 1 fully saturated rings. The number of imide groups is 1. The molecule has 2 heterocycles. The second-order valence-corrected chi connectivity index (χ2v) is 8.26. The Morgan fingerprint density at radius 1 is 1.00 bits per heavy atom. The number of anilines is 2. The van der Waals surface area contributed by atoms with Crippen LogP contribution in [0, 0.1) is 5.92 Å². The van der Waals surface area contributed by atoms with Crippen LogP contribution in [-0.4, -0.2) is 17.7 Å². The van der Waals surface area contributed by atoms with E-state index < -0.39 is 5.92 Å². The van der Waals surface area contributed by atoms with E-state index >= 15 is 0 Å². The Labute approximate surface area is 201 Å². The Bertz CT molecular complexity index is 1390. The molecule has 1 unspecified atom stereocenters. The number of fused-ring (bicyclic) bond motifs is 1. The molecule has 1 saturated heterocycles. The third-order valence-corrected chi connectivity index (χ3v) is 5.94. The van der Waals surface area contributed by atoms with Gasteiger partial charge in [-0.1, -0.05) is 30.4 Å². The molecule has 5 rings (SSSR count). The predicted molar refractivity (Wildman–Crippen MR) is 130 cm³/mol. The van der Waals surface area contributed by atoms with Crippen molar-refractivity contribution < 1.29 is 19.1 Å². The summed E-state index contributed by atoms with van der Waals surface area (Å²) in [5, 5.41) is 11.1. The highest BCUT2D eigenvalue weighted by molar-refractivity contribution is 6.30. The number of nitrogens with zero attached hydrogens (tertiary/aromatic N) is 4. The molecule has 1 N–H and O–H groups in total. The number of pyridine rings is 1. The van der Waals surface area contributed by atoms with Crippen LogP contribution in [0.1, 0.15) is 23.7 Å². The Balaban J connectivity index is 1.25. The number of carbonyl (C=O) groups is 3. The number of aromatic nitrogens is 1. The quantitative estimate of drug-likeness (QED) is 0.341. The van der Waals surface area contributed by atoms with Gasteiger partial charge in [-0.25, -0.2) is 4.90 Å². The molecule has 1 aliphatic carbocycles. The summed E-state index contributed by atoms with van der Waals surface area (Å²) in [6.07, 6.45) is 7.69. The zero-order valence-electron chi connectivity index (χ0n) is 19.0. The lowest BCUT2D eigenvalue weighted by molar-refractivity contribution is -0.685. The van der Waals surface area contributed by atoms with Gasteiger partial charge in [0.25, 0.3) is 11.8 Å². The van der Waals surface area contributed by atoms with E-state index in [0.717, 1.165) is 11.3 Å². The third-order valence-electron chi connectivity index (χ3n) is 5.94. The molecule has 1 atom stereocenters. The van der Waals surface area contributed by atoms with Crippen molar-refractivity contribution in [2.75, 3.05) is 10.2 Å². The summed E-state index contributed by atoms with van der Waals surface area (Å²) in [5.74, 6) is -1.26. The third kappa shape index (κ3) is 4.41. The first-order valence-corrected chi connectivity index (χ1v) is 11.2. The summed E-state index contributed by atoms with van der Waals surface area (Å²) in [7, 11) is 0. The second kappa shape index (κ2) is 9.26. The van der Waals surface area contributed by atoms with E-state index in [0.29, 0.717) is 28.9 Å². The lowest BCUT2D eigenvalue weighted by atomic mass is 9.89. The van der Waals surface area contributed by atoms with Gasteiger partial charge in [0.2, 0.25) is 11.6 Å². The van der Waals surface area contributed by atoms with Gasteiger partial charge in [0.05, 0.1) is 16.7 Å². The maximum absolute atomic E-state index is 12.9. The molecule has 2 aliphatic rings. The molecular formula is C27H22N5O3+. The minimum Gasteiger partial charge on any atom is -0.322 e. The number of hydrogen-bond donors (Lipinski definition) is 1. The molecule has 0 spiro atoms.